The number of nitrogens with one attached hydrogen (secondary N) is 2. The maximum atomic E-state index is 11.6. The third kappa shape index (κ3) is 10.0. The van der Waals surface area contributed by atoms with Gasteiger partial charge in [-0.25, -0.2) is 13.1 Å². The predicted molar refractivity (Wildman–Crippen MR) is 200 cm³/mol. The fourth-order valence-electron chi connectivity index (χ4n) is 6.30. The number of piperazine rings is 1. The van der Waals surface area contributed by atoms with Gasteiger partial charge in [0, 0.05) is 61.4 Å². The number of aromatic nitrogens is 1. The summed E-state index contributed by atoms with van der Waals surface area (Å²) < 4.78 is 25.6. The van der Waals surface area contributed by atoms with Crippen molar-refractivity contribution in [2.75, 3.05) is 53.9 Å². The molecule has 2 N–H and O–H groups in total. The van der Waals surface area contributed by atoms with Gasteiger partial charge in [0.15, 0.2) is 0 Å². The van der Waals surface area contributed by atoms with Crippen LogP contribution in [0.25, 0.3) is 10.9 Å². The maximum absolute atomic E-state index is 11.6. The minimum Gasteiger partial charge on any atom is -0.361 e. The van der Waals surface area contributed by atoms with Gasteiger partial charge >= 0.3 is 0 Å². The van der Waals surface area contributed by atoms with Gasteiger partial charge in [0.1, 0.15) is 0 Å². The zero-order chi connectivity index (χ0) is 34.1. The standard InChI is InChI=1S/C25H27ClN2.C14H21N3O2S/c1-20-6-5-7-21(18-20)19-27-14-16-28(17-15-27)25(22-8-3-2-4-9-22)23-10-12-24(26)13-11-23;1-15-20(18,19)10-11-4-5-14-13(8-11)12(9-16-14)6-7-17(2)3/h2-13,18,25H,14-17,19H2,1H3;4-5,8-9,15-16H,6-7,10H2,1-3H3. The predicted octanol–water partition coefficient (Wildman–Crippen LogP) is 6.88. The number of fused-ring (bicyclic) bond motifs is 1. The molecule has 1 fully saturated rings. The van der Waals surface area contributed by atoms with Crippen LogP contribution in [0.5, 0.6) is 0 Å². The van der Waals surface area contributed by atoms with E-state index in [0.717, 1.165) is 67.2 Å². The maximum Gasteiger partial charge on any atom is 0.215 e. The largest absolute Gasteiger partial charge is 0.361 e. The highest BCUT2D eigenvalue weighted by Gasteiger charge is 2.26. The lowest BCUT2D eigenvalue weighted by Gasteiger charge is -2.40. The van der Waals surface area contributed by atoms with Gasteiger partial charge in [-0.1, -0.05) is 90.0 Å². The average Bonchev–Trinajstić information content (AvgIpc) is 3.48. The minimum atomic E-state index is -3.23. The number of rotatable bonds is 11. The molecule has 9 heteroatoms. The summed E-state index contributed by atoms with van der Waals surface area (Å²) >= 11 is 6.14. The summed E-state index contributed by atoms with van der Waals surface area (Å²) in [6, 6.07) is 34.0. The molecule has 0 aliphatic carbocycles. The quantitative estimate of drug-likeness (QED) is 0.159. The lowest BCUT2D eigenvalue weighted by Crippen LogP contribution is -2.47. The Morgan fingerprint density at radius 1 is 0.854 bits per heavy atom. The van der Waals surface area contributed by atoms with E-state index >= 15 is 0 Å². The number of aromatic amines is 1. The van der Waals surface area contributed by atoms with E-state index in [1.165, 1.54) is 34.9 Å². The number of likely N-dealkylation sites (N-methyl/N-ethyl adjacent to an activating group) is 1. The molecule has 1 unspecified atom stereocenters. The SMILES string of the molecule is CNS(=O)(=O)Cc1ccc2[nH]cc(CCN(C)C)c2c1.Cc1cccc(CN2CCN(C(c3ccccc3)c3ccc(Cl)cc3)CC2)c1. The average molecular weight is 686 g/mol. The highest BCUT2D eigenvalue weighted by molar-refractivity contribution is 7.88. The molecule has 0 radical (unpaired) electrons. The molecule has 1 aromatic heterocycles. The fourth-order valence-corrected chi connectivity index (χ4v) is 7.19. The Balaban J connectivity index is 0.000000199. The number of H-pyrrole nitrogens is 1. The lowest BCUT2D eigenvalue weighted by molar-refractivity contribution is 0.105. The summed E-state index contributed by atoms with van der Waals surface area (Å²) in [5.41, 5.74) is 8.47. The second kappa shape index (κ2) is 16.7. The normalized spacial score (nSPS) is 15.0. The van der Waals surface area contributed by atoms with E-state index in [1.54, 1.807) is 0 Å². The lowest BCUT2D eigenvalue weighted by atomic mass is 9.96. The molecule has 254 valence electrons. The summed E-state index contributed by atoms with van der Waals surface area (Å²) in [6.45, 7) is 8.47. The van der Waals surface area contributed by atoms with Crippen LogP contribution >= 0.6 is 11.6 Å². The van der Waals surface area contributed by atoms with E-state index in [9.17, 15) is 8.42 Å². The van der Waals surface area contributed by atoms with Crippen molar-refractivity contribution in [2.45, 2.75) is 31.7 Å². The van der Waals surface area contributed by atoms with E-state index in [-0.39, 0.29) is 11.8 Å². The van der Waals surface area contributed by atoms with Crippen molar-refractivity contribution < 1.29 is 8.42 Å². The molecule has 1 atom stereocenters. The van der Waals surface area contributed by atoms with Crippen LogP contribution in [-0.2, 0) is 28.7 Å². The summed E-state index contributed by atoms with van der Waals surface area (Å²) in [4.78, 5) is 10.5. The van der Waals surface area contributed by atoms with Crippen molar-refractivity contribution in [1.29, 1.82) is 0 Å². The minimum absolute atomic E-state index is 0.0116. The van der Waals surface area contributed by atoms with Gasteiger partial charge in [-0.3, -0.25) is 9.80 Å². The molecular formula is C39H48ClN5O2S. The van der Waals surface area contributed by atoms with Crippen LogP contribution in [0.2, 0.25) is 5.02 Å². The fraction of sp³-hybridized carbons (Fsp3) is 0.333. The summed E-state index contributed by atoms with van der Waals surface area (Å²) in [7, 11) is 2.29. The van der Waals surface area contributed by atoms with E-state index in [2.05, 4.69) is 98.1 Å². The van der Waals surface area contributed by atoms with Crippen LogP contribution in [-0.4, -0.2) is 82.0 Å². The second-order valence-corrected chi connectivity index (χ2v) is 15.2. The highest BCUT2D eigenvalue weighted by Crippen LogP contribution is 2.30. The first-order chi connectivity index (χ1) is 23.1. The third-order valence-corrected chi connectivity index (χ3v) is 10.5. The van der Waals surface area contributed by atoms with Crippen LogP contribution in [0, 0.1) is 6.92 Å². The van der Waals surface area contributed by atoms with Crippen LogP contribution in [0.15, 0.2) is 103 Å². The molecule has 0 bridgehead atoms. The monoisotopic (exact) mass is 685 g/mol. The molecule has 7 nitrogen and oxygen atoms in total. The van der Waals surface area contributed by atoms with Crippen molar-refractivity contribution in [3.8, 4) is 0 Å². The number of nitrogens with zero attached hydrogens (tertiary/aromatic N) is 3. The van der Waals surface area contributed by atoms with Gasteiger partial charge in [-0.15, -0.1) is 0 Å². The summed E-state index contributed by atoms with van der Waals surface area (Å²) in [5.74, 6) is 0.0116. The Morgan fingerprint density at radius 2 is 1.56 bits per heavy atom. The number of benzene rings is 4. The van der Waals surface area contributed by atoms with E-state index in [4.69, 9.17) is 11.6 Å². The topological polar surface area (TPSA) is 71.7 Å². The van der Waals surface area contributed by atoms with E-state index in [0.29, 0.717) is 0 Å². The Hall–Kier alpha value is -3.50. The number of sulfonamides is 1. The highest BCUT2D eigenvalue weighted by atomic mass is 35.5. The molecule has 0 saturated carbocycles. The second-order valence-electron chi connectivity index (χ2n) is 12.9. The van der Waals surface area contributed by atoms with Crippen molar-refractivity contribution >= 4 is 32.5 Å². The Kier molecular flexibility index (Phi) is 12.5. The molecule has 0 spiro atoms. The van der Waals surface area contributed by atoms with Crippen LogP contribution in [0.3, 0.4) is 0 Å². The first-order valence-electron chi connectivity index (χ1n) is 16.6. The van der Waals surface area contributed by atoms with Crippen LogP contribution in [0.1, 0.15) is 39.4 Å². The van der Waals surface area contributed by atoms with Gasteiger partial charge < -0.3 is 9.88 Å². The first-order valence-corrected chi connectivity index (χ1v) is 18.6. The van der Waals surface area contributed by atoms with Crippen molar-refractivity contribution in [3.05, 3.63) is 142 Å². The van der Waals surface area contributed by atoms with Crippen molar-refractivity contribution in [1.82, 2.24) is 24.4 Å². The molecule has 2 heterocycles. The Bertz CT molecular complexity index is 1850. The van der Waals surface area contributed by atoms with E-state index in [1.807, 2.05) is 50.6 Å². The van der Waals surface area contributed by atoms with Crippen LogP contribution < -0.4 is 4.72 Å². The van der Waals surface area contributed by atoms with Crippen LogP contribution in [0.4, 0.5) is 0 Å². The molecular weight excluding hydrogens is 638 g/mol. The summed E-state index contributed by atoms with van der Waals surface area (Å²) in [5, 5.41) is 1.90. The van der Waals surface area contributed by atoms with Gasteiger partial charge in [0.2, 0.25) is 10.0 Å². The van der Waals surface area contributed by atoms with Gasteiger partial charge in [0.25, 0.3) is 0 Å². The number of hydrogen-bond acceptors (Lipinski definition) is 5. The molecule has 6 rings (SSSR count). The molecule has 1 saturated heterocycles. The molecule has 48 heavy (non-hydrogen) atoms. The molecule has 1 aliphatic heterocycles. The summed E-state index contributed by atoms with van der Waals surface area (Å²) in [6.07, 6.45) is 2.94. The van der Waals surface area contributed by atoms with Gasteiger partial charge in [-0.2, -0.15) is 0 Å². The molecule has 5 aromatic rings. The molecule has 0 amide bonds. The smallest absolute Gasteiger partial charge is 0.215 e. The zero-order valence-electron chi connectivity index (χ0n) is 28.5. The Morgan fingerprint density at radius 3 is 2.23 bits per heavy atom. The van der Waals surface area contributed by atoms with E-state index < -0.39 is 10.0 Å². The number of aryl methyl sites for hydroxylation is 1. The Labute approximate surface area is 291 Å². The van der Waals surface area contributed by atoms with Gasteiger partial charge in [-0.05, 0) is 86.6 Å². The van der Waals surface area contributed by atoms with Crippen molar-refractivity contribution in [3.63, 3.8) is 0 Å². The first kappa shape index (κ1) is 35.8. The zero-order valence-corrected chi connectivity index (χ0v) is 30.1. The third-order valence-electron chi connectivity index (χ3n) is 8.89. The molecule has 1 aliphatic rings. The number of halogens is 1. The van der Waals surface area contributed by atoms with Crippen molar-refractivity contribution in [2.24, 2.45) is 0 Å². The number of hydrogen-bond donors (Lipinski definition) is 2. The van der Waals surface area contributed by atoms with Gasteiger partial charge in [0.05, 0.1) is 11.8 Å². The molecule has 4 aromatic carbocycles.